The van der Waals surface area contributed by atoms with Crippen molar-refractivity contribution in [1.29, 1.82) is 0 Å². The van der Waals surface area contributed by atoms with Gasteiger partial charge in [-0.05, 0) is 25.7 Å². The highest BCUT2D eigenvalue weighted by molar-refractivity contribution is 5.88. The number of rotatable bonds is 5. The average Bonchev–Trinajstić information content (AvgIpc) is 2.57. The Bertz CT molecular complexity index is 455. The molecular formula is C16H27N3O4. The van der Waals surface area contributed by atoms with E-state index < -0.39 is 12.0 Å². The lowest BCUT2D eigenvalue weighted by Gasteiger charge is -2.39. The summed E-state index contributed by atoms with van der Waals surface area (Å²) in [7, 11) is 1.30. The lowest BCUT2D eigenvalue weighted by molar-refractivity contribution is -0.148. The Balaban J connectivity index is 2.01. The van der Waals surface area contributed by atoms with Gasteiger partial charge in [0.05, 0.1) is 20.1 Å². The van der Waals surface area contributed by atoms with Gasteiger partial charge < -0.3 is 15.0 Å². The van der Waals surface area contributed by atoms with Crippen molar-refractivity contribution in [3.63, 3.8) is 0 Å². The molecule has 7 nitrogen and oxygen atoms in total. The molecule has 2 atom stereocenters. The first-order chi connectivity index (χ1) is 11.1. The minimum atomic E-state index is -0.620. The van der Waals surface area contributed by atoms with Crippen molar-refractivity contribution in [2.75, 3.05) is 33.3 Å². The van der Waals surface area contributed by atoms with Gasteiger partial charge in [-0.15, -0.1) is 0 Å². The number of nitrogens with one attached hydrogen (secondary N) is 1. The number of piperidine rings is 1. The number of hydrogen-bond donors (Lipinski definition) is 1. The second kappa shape index (κ2) is 8.29. The van der Waals surface area contributed by atoms with Crippen LogP contribution in [0.1, 0.15) is 39.0 Å². The van der Waals surface area contributed by atoms with E-state index in [9.17, 15) is 14.4 Å². The second-order valence-electron chi connectivity index (χ2n) is 6.20. The summed E-state index contributed by atoms with van der Waals surface area (Å²) in [6, 6.07) is -0.320. The molecule has 0 unspecified atom stereocenters. The Morgan fingerprint density at radius 2 is 2.09 bits per heavy atom. The molecule has 2 fully saturated rings. The van der Waals surface area contributed by atoms with E-state index in [1.807, 2.05) is 4.90 Å². The Kier molecular flexibility index (Phi) is 6.38. The molecule has 2 rings (SSSR count). The maximum absolute atomic E-state index is 12.7. The summed E-state index contributed by atoms with van der Waals surface area (Å²) >= 11 is 0. The topological polar surface area (TPSA) is 79.0 Å². The molecule has 2 saturated heterocycles. The smallest absolute Gasteiger partial charge is 0.307 e. The fraction of sp³-hybridized carbons (Fsp3) is 0.812. The summed E-state index contributed by atoms with van der Waals surface area (Å²) in [6.07, 6.45) is 4.19. The monoisotopic (exact) mass is 325 g/mol. The zero-order valence-electron chi connectivity index (χ0n) is 14.0. The molecule has 2 aliphatic rings. The quantitative estimate of drug-likeness (QED) is 0.728. The van der Waals surface area contributed by atoms with Crippen LogP contribution in [-0.4, -0.2) is 73.0 Å². The highest BCUT2D eigenvalue weighted by Crippen LogP contribution is 2.20. The summed E-state index contributed by atoms with van der Waals surface area (Å²) < 4.78 is 4.66. The van der Waals surface area contributed by atoms with Crippen molar-refractivity contribution in [2.24, 2.45) is 0 Å². The van der Waals surface area contributed by atoms with Gasteiger partial charge in [0.2, 0.25) is 11.8 Å². The minimum absolute atomic E-state index is 0.0210. The van der Waals surface area contributed by atoms with Crippen molar-refractivity contribution in [2.45, 2.75) is 51.1 Å². The molecule has 130 valence electrons. The van der Waals surface area contributed by atoms with Crippen LogP contribution >= 0.6 is 0 Å². The third kappa shape index (κ3) is 4.43. The SMILES string of the molecule is CC[C@H]1CCCCN1C(=O)CN1CCNC(=O)[C@@H]1CC(=O)OC. The fourth-order valence-corrected chi connectivity index (χ4v) is 3.43. The average molecular weight is 325 g/mol. The molecule has 2 amide bonds. The fourth-order valence-electron chi connectivity index (χ4n) is 3.43. The van der Waals surface area contributed by atoms with Crippen LogP contribution in [0.15, 0.2) is 0 Å². The lowest BCUT2D eigenvalue weighted by atomic mass is 9.99. The van der Waals surface area contributed by atoms with Gasteiger partial charge in [-0.1, -0.05) is 6.92 Å². The Morgan fingerprint density at radius 3 is 2.78 bits per heavy atom. The standard InChI is InChI=1S/C16H27N3O4/c1-3-12-6-4-5-8-19(12)14(20)11-18-9-7-17-16(22)13(18)10-15(21)23-2/h12-13H,3-11H2,1-2H3,(H,17,22)/t12-,13-/m0/s1. The zero-order valence-corrected chi connectivity index (χ0v) is 14.0. The van der Waals surface area contributed by atoms with Gasteiger partial charge in [-0.25, -0.2) is 0 Å². The van der Waals surface area contributed by atoms with Crippen LogP contribution in [0.3, 0.4) is 0 Å². The van der Waals surface area contributed by atoms with E-state index in [-0.39, 0.29) is 24.8 Å². The molecule has 0 bridgehead atoms. The van der Waals surface area contributed by atoms with Crippen LogP contribution < -0.4 is 5.32 Å². The second-order valence-corrected chi connectivity index (χ2v) is 6.20. The number of methoxy groups -OCH3 is 1. The van der Waals surface area contributed by atoms with E-state index in [0.717, 1.165) is 25.8 Å². The van der Waals surface area contributed by atoms with Crippen molar-refractivity contribution >= 4 is 17.8 Å². The van der Waals surface area contributed by atoms with Gasteiger partial charge in [0.15, 0.2) is 0 Å². The zero-order chi connectivity index (χ0) is 16.8. The number of hydrogen-bond acceptors (Lipinski definition) is 5. The van der Waals surface area contributed by atoms with Gasteiger partial charge in [0, 0.05) is 25.7 Å². The van der Waals surface area contributed by atoms with Crippen molar-refractivity contribution in [3.05, 3.63) is 0 Å². The molecule has 0 radical (unpaired) electrons. The number of nitrogens with zero attached hydrogens (tertiary/aromatic N) is 2. The van der Waals surface area contributed by atoms with Gasteiger partial charge in [-0.2, -0.15) is 0 Å². The summed E-state index contributed by atoms with van der Waals surface area (Å²) in [5.74, 6) is -0.588. The van der Waals surface area contributed by atoms with Gasteiger partial charge >= 0.3 is 5.97 Å². The van der Waals surface area contributed by atoms with E-state index in [1.54, 1.807) is 4.90 Å². The highest BCUT2D eigenvalue weighted by Gasteiger charge is 2.35. The summed E-state index contributed by atoms with van der Waals surface area (Å²) in [5, 5.41) is 2.75. The van der Waals surface area contributed by atoms with Gasteiger partial charge in [0.1, 0.15) is 6.04 Å². The number of amides is 2. The third-order valence-corrected chi connectivity index (χ3v) is 4.79. The summed E-state index contributed by atoms with van der Waals surface area (Å²) in [4.78, 5) is 40.0. The summed E-state index contributed by atoms with van der Waals surface area (Å²) in [6.45, 7) is 4.15. The number of esters is 1. The van der Waals surface area contributed by atoms with Crippen LogP contribution in [0.4, 0.5) is 0 Å². The largest absolute Gasteiger partial charge is 0.469 e. The van der Waals surface area contributed by atoms with E-state index in [0.29, 0.717) is 19.1 Å². The van der Waals surface area contributed by atoms with Crippen LogP contribution in [0, 0.1) is 0 Å². The number of likely N-dealkylation sites (tertiary alicyclic amines) is 1. The molecule has 0 saturated carbocycles. The predicted molar refractivity (Wildman–Crippen MR) is 84.6 cm³/mol. The van der Waals surface area contributed by atoms with E-state index in [4.69, 9.17) is 0 Å². The number of ether oxygens (including phenoxy) is 1. The van der Waals surface area contributed by atoms with E-state index in [1.165, 1.54) is 13.5 Å². The van der Waals surface area contributed by atoms with Gasteiger partial charge in [0.25, 0.3) is 0 Å². The summed E-state index contributed by atoms with van der Waals surface area (Å²) in [5.41, 5.74) is 0. The highest BCUT2D eigenvalue weighted by atomic mass is 16.5. The maximum atomic E-state index is 12.7. The Labute approximate surface area is 137 Å². The molecule has 2 aliphatic heterocycles. The Morgan fingerprint density at radius 1 is 1.30 bits per heavy atom. The van der Waals surface area contributed by atoms with Crippen molar-refractivity contribution < 1.29 is 19.1 Å². The molecule has 23 heavy (non-hydrogen) atoms. The van der Waals surface area contributed by atoms with Crippen molar-refractivity contribution in [1.82, 2.24) is 15.1 Å². The molecular weight excluding hydrogens is 298 g/mol. The van der Waals surface area contributed by atoms with Crippen LogP contribution in [0.2, 0.25) is 0 Å². The Hall–Kier alpha value is -1.63. The maximum Gasteiger partial charge on any atom is 0.307 e. The predicted octanol–water partition coefficient (Wildman–Crippen LogP) is 0.141. The first kappa shape index (κ1) is 17.7. The molecule has 0 aromatic carbocycles. The number of piperazine rings is 1. The normalized spacial score (nSPS) is 25.8. The molecule has 0 aromatic rings. The molecule has 7 heteroatoms. The first-order valence-electron chi connectivity index (χ1n) is 8.44. The van der Waals surface area contributed by atoms with Gasteiger partial charge in [-0.3, -0.25) is 19.3 Å². The van der Waals surface area contributed by atoms with Crippen molar-refractivity contribution in [3.8, 4) is 0 Å². The lowest BCUT2D eigenvalue weighted by Crippen LogP contribution is -2.59. The molecule has 1 N–H and O–H groups in total. The minimum Gasteiger partial charge on any atom is -0.469 e. The van der Waals surface area contributed by atoms with E-state index in [2.05, 4.69) is 17.0 Å². The van der Waals surface area contributed by atoms with Crippen LogP contribution in [0.5, 0.6) is 0 Å². The molecule has 2 heterocycles. The number of carbonyl (C=O) groups is 3. The molecule has 0 aromatic heterocycles. The first-order valence-corrected chi connectivity index (χ1v) is 8.44. The van der Waals surface area contributed by atoms with Crippen LogP contribution in [-0.2, 0) is 19.1 Å². The van der Waals surface area contributed by atoms with Crippen LogP contribution in [0.25, 0.3) is 0 Å². The third-order valence-electron chi connectivity index (χ3n) is 4.79. The molecule has 0 spiro atoms. The molecule has 0 aliphatic carbocycles. The number of carbonyl (C=O) groups excluding carboxylic acids is 3. The van der Waals surface area contributed by atoms with E-state index >= 15 is 0 Å².